The lowest BCUT2D eigenvalue weighted by molar-refractivity contribution is 0.104. The molecule has 0 saturated heterocycles. The van der Waals surface area contributed by atoms with Crippen LogP contribution in [0.5, 0.6) is 0 Å². The van der Waals surface area contributed by atoms with Gasteiger partial charge in [0.2, 0.25) is 0 Å². The fourth-order valence-corrected chi connectivity index (χ4v) is 2.86. The third-order valence-corrected chi connectivity index (χ3v) is 4.04. The van der Waals surface area contributed by atoms with E-state index >= 15 is 0 Å². The molecule has 0 amide bonds. The van der Waals surface area contributed by atoms with Gasteiger partial charge in [0.1, 0.15) is 0 Å². The standard InChI is InChI=1S/C16H26N2O/c1-13(18(11-12-19-3)15-9-10-15)16(17-2)14-7-5-4-6-8-14/h4-8,13,15-17H,9-12H2,1-3H3. The maximum atomic E-state index is 5.26. The Kier molecular flexibility index (Phi) is 5.37. The van der Waals surface area contributed by atoms with Gasteiger partial charge in [-0.3, -0.25) is 4.90 Å². The first-order chi connectivity index (χ1) is 9.27. The quantitative estimate of drug-likeness (QED) is 0.779. The van der Waals surface area contributed by atoms with Crippen LogP contribution in [0.4, 0.5) is 0 Å². The van der Waals surface area contributed by atoms with Crippen molar-refractivity contribution in [2.75, 3.05) is 27.3 Å². The van der Waals surface area contributed by atoms with Gasteiger partial charge in [0.05, 0.1) is 6.61 Å². The number of ether oxygens (including phenoxy) is 1. The highest BCUT2D eigenvalue weighted by Gasteiger charge is 2.34. The fourth-order valence-electron chi connectivity index (χ4n) is 2.86. The molecule has 0 spiro atoms. The molecule has 2 unspecified atom stereocenters. The average Bonchev–Trinajstić information content (AvgIpc) is 3.26. The maximum absolute atomic E-state index is 5.26. The number of nitrogens with zero attached hydrogens (tertiary/aromatic N) is 1. The van der Waals surface area contributed by atoms with Crippen LogP contribution in [0.1, 0.15) is 31.4 Å². The van der Waals surface area contributed by atoms with Crippen molar-refractivity contribution in [3.63, 3.8) is 0 Å². The van der Waals surface area contributed by atoms with E-state index in [-0.39, 0.29) is 0 Å². The molecule has 0 heterocycles. The highest BCUT2D eigenvalue weighted by molar-refractivity contribution is 5.20. The molecule has 1 saturated carbocycles. The van der Waals surface area contributed by atoms with Crippen molar-refractivity contribution in [3.05, 3.63) is 35.9 Å². The van der Waals surface area contributed by atoms with Gasteiger partial charge in [-0.25, -0.2) is 0 Å². The van der Waals surface area contributed by atoms with Gasteiger partial charge in [0.25, 0.3) is 0 Å². The predicted molar refractivity (Wildman–Crippen MR) is 79.3 cm³/mol. The molecule has 3 heteroatoms. The van der Waals surface area contributed by atoms with Crippen LogP contribution in [0.2, 0.25) is 0 Å². The van der Waals surface area contributed by atoms with Crippen molar-refractivity contribution in [1.82, 2.24) is 10.2 Å². The molecule has 2 rings (SSSR count). The lowest BCUT2D eigenvalue weighted by atomic mass is 9.99. The Balaban J connectivity index is 2.07. The van der Waals surface area contributed by atoms with Crippen LogP contribution < -0.4 is 5.32 Å². The largest absolute Gasteiger partial charge is 0.383 e. The second-order valence-electron chi connectivity index (χ2n) is 5.38. The molecule has 0 bridgehead atoms. The van der Waals surface area contributed by atoms with E-state index in [2.05, 4.69) is 54.5 Å². The molecule has 1 fully saturated rings. The van der Waals surface area contributed by atoms with Gasteiger partial charge in [-0.15, -0.1) is 0 Å². The van der Waals surface area contributed by atoms with Gasteiger partial charge < -0.3 is 10.1 Å². The van der Waals surface area contributed by atoms with E-state index in [0.717, 1.165) is 19.2 Å². The zero-order valence-electron chi connectivity index (χ0n) is 12.3. The second kappa shape index (κ2) is 7.04. The summed E-state index contributed by atoms with van der Waals surface area (Å²) in [5.74, 6) is 0. The smallest absolute Gasteiger partial charge is 0.0589 e. The molecule has 3 nitrogen and oxygen atoms in total. The SMILES string of the molecule is CNC(c1ccccc1)C(C)N(CCOC)C1CC1. The molecular formula is C16H26N2O. The Morgan fingerprint density at radius 1 is 1.32 bits per heavy atom. The molecule has 1 N–H and O–H groups in total. The lowest BCUT2D eigenvalue weighted by Crippen LogP contribution is -2.44. The van der Waals surface area contributed by atoms with Crippen LogP contribution in [0, 0.1) is 0 Å². The van der Waals surface area contributed by atoms with Crippen LogP contribution in [0.25, 0.3) is 0 Å². The average molecular weight is 262 g/mol. The Morgan fingerprint density at radius 2 is 2.00 bits per heavy atom. The molecule has 0 radical (unpaired) electrons. The van der Waals surface area contributed by atoms with Crippen molar-refractivity contribution in [2.45, 2.75) is 37.9 Å². The summed E-state index contributed by atoms with van der Waals surface area (Å²) in [7, 11) is 3.83. The van der Waals surface area contributed by atoms with E-state index in [1.165, 1.54) is 18.4 Å². The van der Waals surface area contributed by atoms with Crippen LogP contribution in [0.3, 0.4) is 0 Å². The summed E-state index contributed by atoms with van der Waals surface area (Å²) < 4.78 is 5.26. The number of nitrogens with one attached hydrogen (secondary N) is 1. The molecule has 1 aromatic carbocycles. The summed E-state index contributed by atoms with van der Waals surface area (Å²) in [5.41, 5.74) is 1.36. The van der Waals surface area contributed by atoms with E-state index in [4.69, 9.17) is 4.74 Å². The van der Waals surface area contributed by atoms with Crippen molar-refractivity contribution >= 4 is 0 Å². The molecule has 106 valence electrons. The number of hydrogen-bond acceptors (Lipinski definition) is 3. The highest BCUT2D eigenvalue weighted by atomic mass is 16.5. The van der Waals surface area contributed by atoms with Crippen LogP contribution in [-0.2, 0) is 4.74 Å². The monoisotopic (exact) mass is 262 g/mol. The second-order valence-corrected chi connectivity index (χ2v) is 5.38. The first kappa shape index (κ1) is 14.5. The summed E-state index contributed by atoms with van der Waals surface area (Å²) in [6.45, 7) is 4.15. The van der Waals surface area contributed by atoms with Crippen molar-refractivity contribution in [3.8, 4) is 0 Å². The van der Waals surface area contributed by atoms with Crippen LogP contribution >= 0.6 is 0 Å². The Bertz CT molecular complexity index is 364. The minimum Gasteiger partial charge on any atom is -0.383 e. The molecule has 19 heavy (non-hydrogen) atoms. The van der Waals surface area contributed by atoms with E-state index in [1.807, 2.05) is 0 Å². The zero-order chi connectivity index (χ0) is 13.7. The Labute approximate surface area is 116 Å². The number of rotatable bonds is 8. The van der Waals surface area contributed by atoms with E-state index < -0.39 is 0 Å². The van der Waals surface area contributed by atoms with Crippen molar-refractivity contribution in [2.24, 2.45) is 0 Å². The summed E-state index contributed by atoms with van der Waals surface area (Å²) in [5, 5.41) is 3.48. The Morgan fingerprint density at radius 3 is 2.53 bits per heavy atom. The first-order valence-corrected chi connectivity index (χ1v) is 7.24. The van der Waals surface area contributed by atoms with E-state index in [1.54, 1.807) is 7.11 Å². The summed E-state index contributed by atoms with van der Waals surface area (Å²) in [6, 6.07) is 12.3. The molecule has 1 aliphatic rings. The summed E-state index contributed by atoms with van der Waals surface area (Å²) >= 11 is 0. The van der Waals surface area contributed by atoms with Crippen LogP contribution in [-0.4, -0.2) is 44.3 Å². The topological polar surface area (TPSA) is 24.5 Å². The number of methoxy groups -OCH3 is 1. The van der Waals surface area contributed by atoms with Gasteiger partial charge in [0.15, 0.2) is 0 Å². The molecule has 1 aromatic rings. The summed E-state index contributed by atoms with van der Waals surface area (Å²) in [4.78, 5) is 2.59. The first-order valence-electron chi connectivity index (χ1n) is 7.24. The summed E-state index contributed by atoms with van der Waals surface area (Å²) in [6.07, 6.45) is 2.67. The van der Waals surface area contributed by atoms with Gasteiger partial charge >= 0.3 is 0 Å². The Hall–Kier alpha value is -0.900. The highest BCUT2D eigenvalue weighted by Crippen LogP contribution is 2.32. The lowest BCUT2D eigenvalue weighted by Gasteiger charge is -2.35. The number of hydrogen-bond donors (Lipinski definition) is 1. The van der Waals surface area contributed by atoms with Gasteiger partial charge in [-0.2, -0.15) is 0 Å². The minimum atomic E-state index is 0.374. The predicted octanol–water partition coefficient (Wildman–Crippen LogP) is 2.45. The third kappa shape index (κ3) is 3.78. The number of benzene rings is 1. The van der Waals surface area contributed by atoms with Gasteiger partial charge in [-0.05, 0) is 32.4 Å². The van der Waals surface area contributed by atoms with E-state index in [9.17, 15) is 0 Å². The maximum Gasteiger partial charge on any atom is 0.0589 e. The van der Waals surface area contributed by atoms with Crippen LogP contribution in [0.15, 0.2) is 30.3 Å². The van der Waals surface area contributed by atoms with Crippen molar-refractivity contribution in [1.29, 1.82) is 0 Å². The zero-order valence-corrected chi connectivity index (χ0v) is 12.3. The fraction of sp³-hybridized carbons (Fsp3) is 0.625. The normalized spacial score (nSPS) is 18.5. The molecule has 1 aliphatic carbocycles. The molecule has 0 aliphatic heterocycles. The van der Waals surface area contributed by atoms with Gasteiger partial charge in [0, 0.05) is 31.8 Å². The number of likely N-dealkylation sites (N-methyl/N-ethyl adjacent to an activating group) is 1. The molecule has 2 atom stereocenters. The van der Waals surface area contributed by atoms with Crippen molar-refractivity contribution < 1.29 is 4.74 Å². The van der Waals surface area contributed by atoms with Gasteiger partial charge in [-0.1, -0.05) is 30.3 Å². The molecular weight excluding hydrogens is 236 g/mol. The third-order valence-electron chi connectivity index (χ3n) is 4.04. The minimum absolute atomic E-state index is 0.374. The molecule has 0 aromatic heterocycles. The van der Waals surface area contributed by atoms with E-state index in [0.29, 0.717) is 12.1 Å².